The van der Waals surface area contributed by atoms with E-state index in [1.165, 1.54) is 6.20 Å². The molecule has 4 rings (SSSR count). The van der Waals surface area contributed by atoms with Gasteiger partial charge >= 0.3 is 0 Å². The van der Waals surface area contributed by atoms with E-state index in [2.05, 4.69) is 4.98 Å². The molecule has 2 aliphatic rings. The van der Waals surface area contributed by atoms with Crippen LogP contribution in [0, 0.1) is 6.92 Å². The summed E-state index contributed by atoms with van der Waals surface area (Å²) in [6.07, 6.45) is 3.47. The third-order valence-corrected chi connectivity index (χ3v) is 5.61. The Labute approximate surface area is 144 Å². The van der Waals surface area contributed by atoms with E-state index in [9.17, 15) is 9.59 Å². The number of aromatic nitrogens is 2. The number of carbonyl (C=O) groups is 1. The minimum Gasteiger partial charge on any atom is -0.331 e. The number of hydrogen-bond acceptors (Lipinski definition) is 4. The Hall–Kier alpha value is -2.08. The van der Waals surface area contributed by atoms with Crippen molar-refractivity contribution in [1.29, 1.82) is 0 Å². The molecule has 24 heavy (non-hydrogen) atoms. The van der Waals surface area contributed by atoms with Gasteiger partial charge < -0.3 is 4.90 Å². The van der Waals surface area contributed by atoms with Crippen molar-refractivity contribution in [3.63, 3.8) is 0 Å². The van der Waals surface area contributed by atoms with Crippen molar-refractivity contribution in [2.75, 3.05) is 5.75 Å². The van der Waals surface area contributed by atoms with Gasteiger partial charge in [0.2, 0.25) is 0 Å². The van der Waals surface area contributed by atoms with Crippen LogP contribution < -0.4 is 5.56 Å². The minimum absolute atomic E-state index is 0.189. The highest BCUT2D eigenvalue weighted by molar-refractivity contribution is 7.99. The zero-order valence-corrected chi connectivity index (χ0v) is 14.4. The van der Waals surface area contributed by atoms with E-state index in [-0.39, 0.29) is 23.1 Å². The molecule has 2 heterocycles. The molecule has 0 spiro atoms. The zero-order valence-electron chi connectivity index (χ0n) is 13.6. The van der Waals surface area contributed by atoms with Crippen molar-refractivity contribution < 1.29 is 4.79 Å². The molecule has 1 aromatic carbocycles. The number of fused-ring (bicyclic) bond motifs is 1. The van der Waals surface area contributed by atoms with Gasteiger partial charge in [0, 0.05) is 31.1 Å². The van der Waals surface area contributed by atoms with Crippen LogP contribution >= 0.6 is 11.8 Å². The highest BCUT2D eigenvalue weighted by atomic mass is 32.2. The lowest BCUT2D eigenvalue weighted by atomic mass is 10.1. The van der Waals surface area contributed by atoms with Gasteiger partial charge in [0.05, 0.1) is 0 Å². The van der Waals surface area contributed by atoms with Crippen LogP contribution in [0.15, 0.2) is 40.4 Å². The maximum Gasteiger partial charge on any atom is 0.267 e. The van der Waals surface area contributed by atoms with Crippen molar-refractivity contribution >= 4 is 17.7 Å². The molecule has 0 atom stereocenters. The summed E-state index contributed by atoms with van der Waals surface area (Å²) < 4.78 is 1.62. The van der Waals surface area contributed by atoms with Crippen LogP contribution in [0.5, 0.6) is 0 Å². The van der Waals surface area contributed by atoms with E-state index in [1.54, 1.807) is 16.3 Å². The highest BCUT2D eigenvalue weighted by Gasteiger charge is 2.35. The topological polar surface area (TPSA) is 55.2 Å². The van der Waals surface area contributed by atoms with Crippen LogP contribution in [-0.2, 0) is 13.1 Å². The average molecular weight is 341 g/mol. The lowest BCUT2D eigenvalue weighted by molar-refractivity contribution is 0.0726. The lowest BCUT2D eigenvalue weighted by Crippen LogP contribution is -2.38. The molecule has 6 heteroatoms. The van der Waals surface area contributed by atoms with Crippen molar-refractivity contribution in [3.05, 3.63) is 57.5 Å². The lowest BCUT2D eigenvalue weighted by Gasteiger charge is -2.23. The smallest absolute Gasteiger partial charge is 0.267 e. The molecule has 0 saturated heterocycles. The number of hydrogen-bond donors (Lipinski definition) is 0. The van der Waals surface area contributed by atoms with Crippen molar-refractivity contribution in [3.8, 4) is 0 Å². The quantitative estimate of drug-likeness (QED) is 0.802. The second-order valence-corrected chi connectivity index (χ2v) is 7.41. The first-order chi connectivity index (χ1) is 11.6. The molecule has 0 bridgehead atoms. The van der Waals surface area contributed by atoms with Gasteiger partial charge in [-0.25, -0.2) is 4.98 Å². The fourth-order valence-corrected chi connectivity index (χ4v) is 3.96. The van der Waals surface area contributed by atoms with E-state index in [0.29, 0.717) is 18.2 Å². The Kier molecular flexibility index (Phi) is 3.92. The van der Waals surface area contributed by atoms with Gasteiger partial charge in [0.1, 0.15) is 5.56 Å². The number of amides is 1. The Morgan fingerprint density at radius 1 is 1.38 bits per heavy atom. The first kappa shape index (κ1) is 15.4. The minimum atomic E-state index is -0.203. The van der Waals surface area contributed by atoms with Gasteiger partial charge in [-0.15, -0.1) is 0 Å². The SMILES string of the molecule is Cc1ccccc1CN(C(=O)c1cnc2n(c1=O)CCS2)C1CC1. The number of thioether (sulfide) groups is 1. The highest BCUT2D eigenvalue weighted by Crippen LogP contribution is 2.30. The Morgan fingerprint density at radius 3 is 2.92 bits per heavy atom. The van der Waals surface area contributed by atoms with E-state index >= 15 is 0 Å². The number of nitrogens with zero attached hydrogens (tertiary/aromatic N) is 3. The number of benzene rings is 1. The molecule has 1 aliphatic carbocycles. The molecule has 124 valence electrons. The van der Waals surface area contributed by atoms with Crippen molar-refractivity contribution in [2.45, 2.75) is 44.1 Å². The number of carbonyl (C=O) groups excluding carboxylic acids is 1. The second kappa shape index (κ2) is 6.09. The summed E-state index contributed by atoms with van der Waals surface area (Å²) in [5, 5.41) is 0.716. The van der Waals surface area contributed by atoms with Gasteiger partial charge in [-0.1, -0.05) is 36.0 Å². The van der Waals surface area contributed by atoms with E-state index in [1.807, 2.05) is 36.1 Å². The monoisotopic (exact) mass is 341 g/mol. The summed E-state index contributed by atoms with van der Waals surface area (Å²) >= 11 is 1.56. The normalized spacial score (nSPS) is 16.0. The average Bonchev–Trinajstić information content (AvgIpc) is 3.30. The van der Waals surface area contributed by atoms with Gasteiger partial charge in [-0.2, -0.15) is 0 Å². The molecule has 1 aliphatic heterocycles. The predicted molar refractivity (Wildman–Crippen MR) is 93.3 cm³/mol. The van der Waals surface area contributed by atoms with Crippen LogP contribution in [0.3, 0.4) is 0 Å². The van der Waals surface area contributed by atoms with Gasteiger partial charge in [-0.05, 0) is 30.9 Å². The molecule has 1 fully saturated rings. The van der Waals surface area contributed by atoms with Crippen LogP contribution in [0.1, 0.15) is 34.3 Å². The molecule has 5 nitrogen and oxygen atoms in total. The Morgan fingerprint density at radius 2 is 2.17 bits per heavy atom. The first-order valence-corrected chi connectivity index (χ1v) is 9.22. The first-order valence-electron chi connectivity index (χ1n) is 8.23. The largest absolute Gasteiger partial charge is 0.331 e. The third kappa shape index (κ3) is 2.75. The molecule has 1 amide bonds. The molecule has 0 radical (unpaired) electrons. The van der Waals surface area contributed by atoms with Gasteiger partial charge in [0.15, 0.2) is 5.16 Å². The summed E-state index contributed by atoms with van der Waals surface area (Å²) in [6, 6.07) is 8.32. The summed E-state index contributed by atoms with van der Waals surface area (Å²) in [4.78, 5) is 31.8. The summed E-state index contributed by atoms with van der Waals surface area (Å²) in [5.41, 5.74) is 2.28. The van der Waals surface area contributed by atoms with E-state index in [4.69, 9.17) is 0 Å². The summed E-state index contributed by atoms with van der Waals surface area (Å²) in [6.45, 7) is 3.23. The van der Waals surface area contributed by atoms with Crippen LogP contribution in [0.25, 0.3) is 0 Å². The molecule has 0 N–H and O–H groups in total. The molecular formula is C18H19N3O2S. The zero-order chi connectivity index (χ0) is 16.7. The van der Waals surface area contributed by atoms with E-state index in [0.717, 1.165) is 29.7 Å². The maximum absolute atomic E-state index is 13.0. The van der Waals surface area contributed by atoms with Crippen LogP contribution in [0.2, 0.25) is 0 Å². The Balaban J connectivity index is 1.66. The van der Waals surface area contributed by atoms with Crippen molar-refractivity contribution in [1.82, 2.24) is 14.5 Å². The molecule has 2 aromatic rings. The fraction of sp³-hybridized carbons (Fsp3) is 0.389. The molecular weight excluding hydrogens is 322 g/mol. The Bertz CT molecular complexity index is 858. The molecule has 0 unspecified atom stereocenters. The van der Waals surface area contributed by atoms with Crippen LogP contribution in [0.4, 0.5) is 0 Å². The van der Waals surface area contributed by atoms with E-state index < -0.39 is 0 Å². The maximum atomic E-state index is 13.0. The second-order valence-electron chi connectivity index (χ2n) is 6.35. The third-order valence-electron chi connectivity index (χ3n) is 4.64. The molecule has 1 aromatic heterocycles. The standard InChI is InChI=1S/C18H19N3O2S/c1-12-4-2-3-5-13(12)11-21(14-6-7-14)17(23)15-10-19-18-20(16(15)22)8-9-24-18/h2-5,10,14H,6-9,11H2,1H3. The molecule has 1 saturated carbocycles. The number of rotatable bonds is 4. The van der Waals surface area contributed by atoms with Gasteiger partial charge in [0.25, 0.3) is 11.5 Å². The summed E-state index contributed by atoms with van der Waals surface area (Å²) in [7, 11) is 0. The van der Waals surface area contributed by atoms with Gasteiger partial charge in [-0.3, -0.25) is 14.2 Å². The fourth-order valence-electron chi connectivity index (χ4n) is 3.04. The van der Waals surface area contributed by atoms with Crippen molar-refractivity contribution in [2.24, 2.45) is 0 Å². The summed E-state index contributed by atoms with van der Waals surface area (Å²) in [5.74, 6) is 0.653. The predicted octanol–water partition coefficient (Wildman–Crippen LogP) is 2.46. The number of aryl methyl sites for hydroxylation is 1. The van der Waals surface area contributed by atoms with Crippen LogP contribution in [-0.4, -0.2) is 32.2 Å².